The van der Waals surface area contributed by atoms with E-state index in [1.165, 1.54) is 12.8 Å². The summed E-state index contributed by atoms with van der Waals surface area (Å²) in [5.74, 6) is 1.73. The first kappa shape index (κ1) is 22.1. The van der Waals surface area contributed by atoms with Crippen molar-refractivity contribution < 1.29 is 19.1 Å². The minimum Gasteiger partial charge on any atom is -0.493 e. The van der Waals surface area contributed by atoms with Gasteiger partial charge < -0.3 is 19.7 Å². The molecule has 0 spiro atoms. The van der Waals surface area contributed by atoms with E-state index in [1.807, 2.05) is 37.3 Å². The standard InChI is InChI=1S/C25H31N3O4/c1-3-19-7-6-10-23(26-19)27-24(29)16-28-15-18(14-25(28)30)17-11-12-21(31-2)22(13-17)32-20-8-4-5-9-20/h6-7,10-13,18,20H,3-5,8-9,14-16H2,1-2H3,(H,26,27,29). The Balaban J connectivity index is 1.39. The molecule has 2 aromatic rings. The SMILES string of the molecule is CCc1cccc(NC(=O)CN2CC(c3ccc(OC)c(OC4CCCC4)c3)CC2=O)n1. The molecule has 4 rings (SSSR count). The Morgan fingerprint density at radius 2 is 2.00 bits per heavy atom. The van der Waals surface area contributed by atoms with Crippen molar-refractivity contribution in [3.63, 3.8) is 0 Å². The number of nitrogens with one attached hydrogen (secondary N) is 1. The number of anilines is 1. The Kier molecular flexibility index (Phi) is 6.93. The number of rotatable bonds is 8. The lowest BCUT2D eigenvalue weighted by atomic mass is 9.98. The third-order valence-electron chi connectivity index (χ3n) is 6.24. The van der Waals surface area contributed by atoms with Gasteiger partial charge >= 0.3 is 0 Å². The molecule has 1 unspecified atom stereocenters. The molecule has 1 N–H and O–H groups in total. The predicted molar refractivity (Wildman–Crippen MR) is 122 cm³/mol. The van der Waals surface area contributed by atoms with Gasteiger partial charge in [0, 0.05) is 24.6 Å². The number of carbonyl (C=O) groups is 2. The largest absolute Gasteiger partial charge is 0.493 e. The van der Waals surface area contributed by atoms with E-state index >= 15 is 0 Å². The van der Waals surface area contributed by atoms with E-state index in [-0.39, 0.29) is 30.4 Å². The summed E-state index contributed by atoms with van der Waals surface area (Å²) in [7, 11) is 1.64. The number of likely N-dealkylation sites (tertiary alicyclic amines) is 1. The van der Waals surface area contributed by atoms with Crippen LogP contribution in [0, 0.1) is 0 Å². The Morgan fingerprint density at radius 1 is 1.19 bits per heavy atom. The molecule has 1 saturated heterocycles. The normalized spacial score (nSPS) is 18.8. The molecule has 170 valence electrons. The van der Waals surface area contributed by atoms with Crippen molar-refractivity contribution in [1.82, 2.24) is 9.88 Å². The van der Waals surface area contributed by atoms with Crippen LogP contribution in [0.25, 0.3) is 0 Å². The molecule has 2 fully saturated rings. The van der Waals surface area contributed by atoms with Crippen LogP contribution in [0.4, 0.5) is 5.82 Å². The van der Waals surface area contributed by atoms with Crippen molar-refractivity contribution in [1.29, 1.82) is 0 Å². The number of hydrogen-bond donors (Lipinski definition) is 1. The molecule has 7 heteroatoms. The van der Waals surface area contributed by atoms with Crippen molar-refractivity contribution in [2.75, 3.05) is 25.5 Å². The molecule has 1 aliphatic carbocycles. The van der Waals surface area contributed by atoms with Gasteiger partial charge in [0.2, 0.25) is 11.8 Å². The number of ether oxygens (including phenoxy) is 2. The molecule has 1 aromatic heterocycles. The number of carbonyl (C=O) groups excluding carboxylic acids is 2. The molecule has 2 heterocycles. The Morgan fingerprint density at radius 3 is 2.75 bits per heavy atom. The van der Waals surface area contributed by atoms with Gasteiger partial charge in [-0.15, -0.1) is 0 Å². The van der Waals surface area contributed by atoms with Gasteiger partial charge in [-0.2, -0.15) is 0 Å². The van der Waals surface area contributed by atoms with Crippen molar-refractivity contribution >= 4 is 17.6 Å². The fourth-order valence-corrected chi connectivity index (χ4v) is 4.48. The van der Waals surface area contributed by atoms with Crippen molar-refractivity contribution in [2.24, 2.45) is 0 Å². The number of hydrogen-bond acceptors (Lipinski definition) is 5. The average Bonchev–Trinajstić information content (AvgIpc) is 3.43. The zero-order valence-electron chi connectivity index (χ0n) is 18.8. The number of pyridine rings is 1. The molecule has 1 saturated carbocycles. The van der Waals surface area contributed by atoms with E-state index in [4.69, 9.17) is 9.47 Å². The zero-order valence-corrected chi connectivity index (χ0v) is 18.8. The van der Waals surface area contributed by atoms with E-state index in [0.29, 0.717) is 24.5 Å². The summed E-state index contributed by atoms with van der Waals surface area (Å²) in [6, 6.07) is 11.4. The highest BCUT2D eigenvalue weighted by atomic mass is 16.5. The fourth-order valence-electron chi connectivity index (χ4n) is 4.48. The van der Waals surface area contributed by atoms with Gasteiger partial charge in [-0.05, 0) is 61.9 Å². The van der Waals surface area contributed by atoms with Gasteiger partial charge in [0.25, 0.3) is 0 Å². The minimum atomic E-state index is -0.236. The summed E-state index contributed by atoms with van der Waals surface area (Å²) in [5, 5.41) is 2.80. The maximum atomic E-state index is 12.6. The molecule has 32 heavy (non-hydrogen) atoms. The van der Waals surface area contributed by atoms with Crippen LogP contribution in [-0.4, -0.2) is 48.0 Å². The molecule has 1 aliphatic heterocycles. The van der Waals surface area contributed by atoms with Gasteiger partial charge in [0.15, 0.2) is 11.5 Å². The van der Waals surface area contributed by atoms with Crippen LogP contribution in [0.2, 0.25) is 0 Å². The van der Waals surface area contributed by atoms with Gasteiger partial charge in [-0.3, -0.25) is 9.59 Å². The minimum absolute atomic E-state index is 0.0190. The maximum absolute atomic E-state index is 12.6. The lowest BCUT2D eigenvalue weighted by Crippen LogP contribution is -2.34. The first-order chi connectivity index (χ1) is 15.6. The monoisotopic (exact) mass is 437 g/mol. The molecule has 0 radical (unpaired) electrons. The molecule has 7 nitrogen and oxygen atoms in total. The van der Waals surface area contributed by atoms with Crippen LogP contribution in [0.5, 0.6) is 11.5 Å². The Bertz CT molecular complexity index is 971. The molecular formula is C25H31N3O4. The van der Waals surface area contributed by atoms with Gasteiger partial charge in [-0.1, -0.05) is 19.1 Å². The quantitative estimate of drug-likeness (QED) is 0.677. The molecule has 0 bridgehead atoms. The number of amides is 2. The number of aryl methyl sites for hydroxylation is 1. The topological polar surface area (TPSA) is 80.8 Å². The third-order valence-corrected chi connectivity index (χ3v) is 6.24. The van der Waals surface area contributed by atoms with E-state index in [9.17, 15) is 9.59 Å². The fraction of sp³-hybridized carbons (Fsp3) is 0.480. The average molecular weight is 438 g/mol. The second-order valence-electron chi connectivity index (χ2n) is 8.53. The van der Waals surface area contributed by atoms with Crippen LogP contribution >= 0.6 is 0 Å². The highest BCUT2D eigenvalue weighted by molar-refractivity contribution is 5.94. The summed E-state index contributed by atoms with van der Waals surface area (Å²) in [4.78, 5) is 31.1. The number of nitrogens with zero attached hydrogens (tertiary/aromatic N) is 2. The van der Waals surface area contributed by atoms with Crippen LogP contribution in [-0.2, 0) is 16.0 Å². The van der Waals surface area contributed by atoms with Crippen molar-refractivity contribution in [2.45, 2.75) is 57.5 Å². The van der Waals surface area contributed by atoms with E-state index in [1.54, 1.807) is 18.1 Å². The second-order valence-corrected chi connectivity index (χ2v) is 8.53. The Labute approximate surface area is 189 Å². The Hall–Kier alpha value is -3.09. The molecule has 1 atom stereocenters. The highest BCUT2D eigenvalue weighted by Crippen LogP contribution is 2.37. The van der Waals surface area contributed by atoms with Crippen molar-refractivity contribution in [3.8, 4) is 11.5 Å². The second kappa shape index (κ2) is 10.0. The van der Waals surface area contributed by atoms with Gasteiger partial charge in [0.05, 0.1) is 19.8 Å². The number of benzene rings is 1. The lowest BCUT2D eigenvalue weighted by Gasteiger charge is -2.19. The third kappa shape index (κ3) is 5.21. The maximum Gasteiger partial charge on any atom is 0.245 e. The van der Waals surface area contributed by atoms with E-state index in [0.717, 1.165) is 36.3 Å². The first-order valence-electron chi connectivity index (χ1n) is 11.4. The summed E-state index contributed by atoms with van der Waals surface area (Å²) in [6.45, 7) is 2.54. The van der Waals surface area contributed by atoms with E-state index in [2.05, 4.69) is 10.3 Å². The van der Waals surface area contributed by atoms with Gasteiger partial charge in [0.1, 0.15) is 5.82 Å². The number of methoxy groups -OCH3 is 1. The zero-order chi connectivity index (χ0) is 22.5. The van der Waals surface area contributed by atoms with Crippen LogP contribution in [0.3, 0.4) is 0 Å². The van der Waals surface area contributed by atoms with Crippen molar-refractivity contribution in [3.05, 3.63) is 47.7 Å². The smallest absolute Gasteiger partial charge is 0.245 e. The highest BCUT2D eigenvalue weighted by Gasteiger charge is 2.32. The summed E-state index contributed by atoms with van der Waals surface area (Å²) < 4.78 is 11.7. The molecular weight excluding hydrogens is 406 g/mol. The lowest BCUT2D eigenvalue weighted by molar-refractivity contribution is -0.131. The predicted octanol–water partition coefficient (Wildman–Crippen LogP) is 3.93. The van der Waals surface area contributed by atoms with Crippen LogP contribution in [0.15, 0.2) is 36.4 Å². The van der Waals surface area contributed by atoms with Crippen LogP contribution in [0.1, 0.15) is 56.2 Å². The molecule has 1 aromatic carbocycles. The summed E-state index contributed by atoms with van der Waals surface area (Å²) >= 11 is 0. The summed E-state index contributed by atoms with van der Waals surface area (Å²) in [6.07, 6.45) is 5.92. The summed E-state index contributed by atoms with van der Waals surface area (Å²) in [5.41, 5.74) is 1.95. The molecule has 2 aliphatic rings. The molecule has 2 amide bonds. The van der Waals surface area contributed by atoms with E-state index < -0.39 is 0 Å². The first-order valence-corrected chi connectivity index (χ1v) is 11.4. The number of aromatic nitrogens is 1. The van der Waals surface area contributed by atoms with Crippen LogP contribution < -0.4 is 14.8 Å². The van der Waals surface area contributed by atoms with Gasteiger partial charge in [-0.25, -0.2) is 4.98 Å².